The van der Waals surface area contributed by atoms with Gasteiger partial charge in [0.15, 0.2) is 0 Å². The van der Waals surface area contributed by atoms with Crippen molar-refractivity contribution in [1.29, 1.82) is 0 Å². The van der Waals surface area contributed by atoms with Gasteiger partial charge in [-0.1, -0.05) is 33.6 Å². The van der Waals surface area contributed by atoms with Crippen molar-refractivity contribution < 1.29 is 4.79 Å². The molecule has 0 aliphatic carbocycles. The van der Waals surface area contributed by atoms with Crippen LogP contribution in [0.25, 0.3) is 0 Å². The fourth-order valence-electron chi connectivity index (χ4n) is 3.03. The van der Waals surface area contributed by atoms with Crippen LogP contribution < -0.4 is 0 Å². The van der Waals surface area contributed by atoms with E-state index in [4.69, 9.17) is 0 Å². The van der Waals surface area contributed by atoms with Gasteiger partial charge in [-0.3, -0.25) is 4.79 Å². The highest BCUT2D eigenvalue weighted by Gasteiger charge is 2.28. The van der Waals surface area contributed by atoms with Gasteiger partial charge in [-0.05, 0) is 37.2 Å². The van der Waals surface area contributed by atoms with Gasteiger partial charge in [0.25, 0.3) is 5.91 Å². The molecule has 1 aliphatic heterocycles. The Morgan fingerprint density at radius 3 is 3.00 bits per heavy atom. The van der Waals surface area contributed by atoms with Crippen LogP contribution in [0.3, 0.4) is 0 Å². The van der Waals surface area contributed by atoms with E-state index in [2.05, 4.69) is 30.7 Å². The topological polar surface area (TPSA) is 46.1 Å². The van der Waals surface area contributed by atoms with Crippen molar-refractivity contribution >= 4 is 5.91 Å². The predicted octanol–water partition coefficient (Wildman–Crippen LogP) is 3.33. The number of aryl methyl sites for hydroxylation is 1. The molecule has 4 heteroatoms. The van der Waals surface area contributed by atoms with Crippen molar-refractivity contribution in [3.63, 3.8) is 0 Å². The highest BCUT2D eigenvalue weighted by Crippen LogP contribution is 2.26. The molecule has 0 spiro atoms. The number of hydrogen-bond acceptors (Lipinski definition) is 3. The van der Waals surface area contributed by atoms with E-state index in [0.717, 1.165) is 38.0 Å². The Bertz CT molecular complexity index is 475. The van der Waals surface area contributed by atoms with Crippen LogP contribution in [0.4, 0.5) is 0 Å². The minimum atomic E-state index is 0.000885. The van der Waals surface area contributed by atoms with Gasteiger partial charge in [0.1, 0.15) is 0 Å². The first-order chi connectivity index (χ1) is 10.2. The number of amides is 1. The minimum Gasteiger partial charge on any atom is -0.336 e. The Hall–Kier alpha value is -1.45. The Balaban J connectivity index is 2.06. The largest absolute Gasteiger partial charge is 0.336 e. The van der Waals surface area contributed by atoms with Gasteiger partial charge in [-0.15, -0.1) is 0 Å². The van der Waals surface area contributed by atoms with Crippen molar-refractivity contribution in [3.05, 3.63) is 23.8 Å². The second-order valence-corrected chi connectivity index (χ2v) is 6.16. The maximum absolute atomic E-state index is 12.6. The number of carbonyl (C=O) groups is 1. The Labute approximate surface area is 128 Å². The molecular weight excluding hydrogens is 262 g/mol. The van der Waals surface area contributed by atoms with Gasteiger partial charge >= 0.3 is 0 Å². The van der Waals surface area contributed by atoms with Gasteiger partial charge in [-0.25, -0.2) is 9.97 Å². The van der Waals surface area contributed by atoms with Gasteiger partial charge in [0.2, 0.25) is 5.82 Å². The van der Waals surface area contributed by atoms with Crippen molar-refractivity contribution in [2.24, 2.45) is 11.8 Å². The fraction of sp³-hybridized carbons (Fsp3) is 0.706. The summed E-state index contributed by atoms with van der Waals surface area (Å²) in [7, 11) is 0. The molecule has 1 aliphatic rings. The van der Waals surface area contributed by atoms with E-state index in [-0.39, 0.29) is 5.91 Å². The van der Waals surface area contributed by atoms with Gasteiger partial charge in [0, 0.05) is 25.0 Å². The SMILES string of the molecule is CCCc1ccnc(C(=O)N2CCCC(C(C)CC)C2)n1. The molecule has 0 radical (unpaired) electrons. The van der Waals surface area contributed by atoms with Crippen LogP contribution in [0.1, 0.15) is 62.8 Å². The lowest BCUT2D eigenvalue weighted by Gasteiger charge is -2.35. The highest BCUT2D eigenvalue weighted by atomic mass is 16.2. The van der Waals surface area contributed by atoms with E-state index in [0.29, 0.717) is 17.7 Å². The van der Waals surface area contributed by atoms with Crippen LogP contribution in [0.15, 0.2) is 12.3 Å². The molecule has 1 aromatic rings. The molecule has 1 amide bonds. The van der Waals surface area contributed by atoms with Crippen molar-refractivity contribution in [1.82, 2.24) is 14.9 Å². The molecule has 1 aromatic heterocycles. The zero-order chi connectivity index (χ0) is 15.2. The van der Waals surface area contributed by atoms with E-state index in [1.807, 2.05) is 11.0 Å². The van der Waals surface area contributed by atoms with Crippen molar-refractivity contribution in [2.75, 3.05) is 13.1 Å². The summed E-state index contributed by atoms with van der Waals surface area (Å²) < 4.78 is 0. The van der Waals surface area contributed by atoms with Crippen LogP contribution in [0.5, 0.6) is 0 Å². The zero-order valence-corrected chi connectivity index (χ0v) is 13.5. The first kappa shape index (κ1) is 15.9. The molecule has 0 bridgehead atoms. The lowest BCUT2D eigenvalue weighted by molar-refractivity contribution is 0.0619. The maximum Gasteiger partial charge on any atom is 0.291 e. The molecule has 2 heterocycles. The molecule has 0 aromatic carbocycles. The first-order valence-electron chi connectivity index (χ1n) is 8.26. The molecule has 0 saturated carbocycles. The van der Waals surface area contributed by atoms with E-state index < -0.39 is 0 Å². The van der Waals surface area contributed by atoms with Crippen LogP contribution in [-0.2, 0) is 6.42 Å². The summed E-state index contributed by atoms with van der Waals surface area (Å²) in [5.41, 5.74) is 0.964. The van der Waals surface area contributed by atoms with Gasteiger partial charge in [-0.2, -0.15) is 0 Å². The summed E-state index contributed by atoms with van der Waals surface area (Å²) in [5.74, 6) is 1.66. The standard InChI is InChI=1S/C17H27N3O/c1-4-7-15-9-10-18-16(19-15)17(21)20-11-6-8-14(12-20)13(3)5-2/h9-10,13-14H,4-8,11-12H2,1-3H3. The smallest absolute Gasteiger partial charge is 0.291 e. The number of likely N-dealkylation sites (tertiary alicyclic amines) is 1. The number of rotatable bonds is 5. The first-order valence-corrected chi connectivity index (χ1v) is 8.26. The molecule has 4 nitrogen and oxygen atoms in total. The molecule has 0 N–H and O–H groups in total. The molecule has 2 rings (SSSR count). The predicted molar refractivity (Wildman–Crippen MR) is 84.1 cm³/mol. The molecule has 116 valence electrons. The minimum absolute atomic E-state index is 0.000885. The molecule has 2 unspecified atom stereocenters. The summed E-state index contributed by atoms with van der Waals surface area (Å²) in [5, 5.41) is 0. The molecular formula is C17H27N3O. The van der Waals surface area contributed by atoms with E-state index in [1.165, 1.54) is 12.8 Å². The molecule has 1 fully saturated rings. The fourth-order valence-corrected chi connectivity index (χ4v) is 3.03. The summed E-state index contributed by atoms with van der Waals surface area (Å²) in [6, 6.07) is 1.90. The Morgan fingerprint density at radius 1 is 1.48 bits per heavy atom. The molecule has 2 atom stereocenters. The van der Waals surface area contributed by atoms with Gasteiger partial charge < -0.3 is 4.90 Å². The third-order valence-electron chi connectivity index (χ3n) is 4.60. The number of aromatic nitrogens is 2. The van der Waals surface area contributed by atoms with E-state index >= 15 is 0 Å². The van der Waals surface area contributed by atoms with E-state index in [1.54, 1.807) is 6.20 Å². The normalized spacial score (nSPS) is 20.3. The number of hydrogen-bond donors (Lipinski definition) is 0. The quantitative estimate of drug-likeness (QED) is 0.835. The second kappa shape index (κ2) is 7.53. The van der Waals surface area contributed by atoms with Crippen LogP contribution in [0.2, 0.25) is 0 Å². The van der Waals surface area contributed by atoms with E-state index in [9.17, 15) is 4.79 Å². The highest BCUT2D eigenvalue weighted by molar-refractivity contribution is 5.90. The third kappa shape index (κ3) is 4.02. The number of carbonyl (C=O) groups excluding carboxylic acids is 1. The van der Waals surface area contributed by atoms with Gasteiger partial charge in [0.05, 0.1) is 0 Å². The number of piperidine rings is 1. The Morgan fingerprint density at radius 2 is 2.29 bits per heavy atom. The number of nitrogens with zero attached hydrogens (tertiary/aromatic N) is 3. The average molecular weight is 289 g/mol. The van der Waals surface area contributed by atoms with Crippen LogP contribution in [0, 0.1) is 11.8 Å². The van der Waals surface area contributed by atoms with Crippen molar-refractivity contribution in [3.8, 4) is 0 Å². The van der Waals surface area contributed by atoms with Crippen molar-refractivity contribution in [2.45, 2.75) is 52.9 Å². The summed E-state index contributed by atoms with van der Waals surface area (Å²) >= 11 is 0. The maximum atomic E-state index is 12.6. The second-order valence-electron chi connectivity index (χ2n) is 6.16. The third-order valence-corrected chi connectivity index (χ3v) is 4.60. The Kier molecular flexibility index (Phi) is 5.71. The summed E-state index contributed by atoms with van der Waals surface area (Å²) in [4.78, 5) is 23.2. The lowest BCUT2D eigenvalue weighted by Crippen LogP contribution is -2.42. The zero-order valence-electron chi connectivity index (χ0n) is 13.5. The summed E-state index contributed by atoms with van der Waals surface area (Å²) in [6.07, 6.45) is 7.14. The van der Waals surface area contributed by atoms with Crippen LogP contribution in [-0.4, -0.2) is 33.9 Å². The summed E-state index contributed by atoms with van der Waals surface area (Å²) in [6.45, 7) is 8.33. The molecule has 21 heavy (non-hydrogen) atoms. The molecule has 1 saturated heterocycles. The monoisotopic (exact) mass is 289 g/mol. The van der Waals surface area contributed by atoms with Crippen LogP contribution >= 0.6 is 0 Å². The average Bonchev–Trinajstić information content (AvgIpc) is 2.54. The lowest BCUT2D eigenvalue weighted by atomic mass is 9.85.